The predicted octanol–water partition coefficient (Wildman–Crippen LogP) is 5.68. The number of benzene rings is 2. The summed E-state index contributed by atoms with van der Waals surface area (Å²) in [6.45, 7) is 1.44. The van der Waals surface area contributed by atoms with Crippen molar-refractivity contribution in [1.29, 1.82) is 5.26 Å². The Morgan fingerprint density at radius 1 is 1.13 bits per heavy atom. The summed E-state index contributed by atoms with van der Waals surface area (Å²) in [6, 6.07) is 15.7. The van der Waals surface area contributed by atoms with Gasteiger partial charge in [0.15, 0.2) is 5.13 Å². The highest BCUT2D eigenvalue weighted by Crippen LogP contribution is 2.31. The Bertz CT molecular complexity index is 1150. The summed E-state index contributed by atoms with van der Waals surface area (Å²) in [5.74, 6) is -0.883. The molecule has 30 heavy (non-hydrogen) atoms. The molecule has 2 amide bonds. The molecule has 3 rings (SSSR count). The Balaban J connectivity index is 1.87. The van der Waals surface area contributed by atoms with Gasteiger partial charge in [0.05, 0.1) is 27.1 Å². The van der Waals surface area contributed by atoms with Crippen LogP contribution >= 0.6 is 34.5 Å². The molecule has 0 saturated carbocycles. The van der Waals surface area contributed by atoms with E-state index in [1.165, 1.54) is 29.2 Å². The quantitative estimate of drug-likeness (QED) is 0.395. The third-order valence-corrected chi connectivity index (χ3v) is 5.36. The highest BCUT2D eigenvalue weighted by Gasteiger charge is 2.19. The normalized spacial score (nSPS) is 10.9. The molecule has 9 heteroatoms. The van der Waals surface area contributed by atoms with E-state index in [9.17, 15) is 14.9 Å². The molecule has 0 fully saturated rings. The van der Waals surface area contributed by atoms with Gasteiger partial charge in [-0.15, -0.1) is 11.3 Å². The zero-order chi connectivity index (χ0) is 21.7. The van der Waals surface area contributed by atoms with E-state index in [0.717, 1.165) is 0 Å². The summed E-state index contributed by atoms with van der Waals surface area (Å²) in [4.78, 5) is 30.5. The molecule has 150 valence electrons. The van der Waals surface area contributed by atoms with Crippen LogP contribution in [0.5, 0.6) is 0 Å². The average molecular weight is 457 g/mol. The first-order valence-electron chi connectivity index (χ1n) is 8.59. The first-order chi connectivity index (χ1) is 14.4. The summed E-state index contributed by atoms with van der Waals surface area (Å²) < 4.78 is 0. The highest BCUT2D eigenvalue weighted by atomic mass is 35.5. The maximum Gasteiger partial charge on any atom is 0.266 e. The number of amides is 2. The van der Waals surface area contributed by atoms with Crippen molar-refractivity contribution >= 4 is 68.9 Å². The monoisotopic (exact) mass is 456 g/mol. The fourth-order valence-corrected chi connectivity index (χ4v) is 3.88. The molecule has 2 aromatic carbocycles. The molecule has 0 bridgehead atoms. The second-order valence-corrected chi connectivity index (χ2v) is 7.62. The number of halogens is 2. The molecular formula is C21H14Cl2N4O2S. The molecule has 0 unspecified atom stereocenters. The number of nitrogens with one attached hydrogen (secondary N) is 1. The summed E-state index contributed by atoms with van der Waals surface area (Å²) in [5, 5.41) is 14.5. The Morgan fingerprint density at radius 2 is 1.80 bits per heavy atom. The average Bonchev–Trinajstić information content (AvgIpc) is 3.17. The van der Waals surface area contributed by atoms with Crippen molar-refractivity contribution in [3.63, 3.8) is 0 Å². The van der Waals surface area contributed by atoms with Gasteiger partial charge in [0.25, 0.3) is 5.91 Å². The number of nitriles is 1. The van der Waals surface area contributed by atoms with Crippen LogP contribution in [0.4, 0.5) is 16.5 Å². The number of carbonyl (C=O) groups excluding carboxylic acids is 2. The SMILES string of the molecule is CC(=O)N(c1ccccc1)c1nc(/C=C(\C#N)C(=O)Nc2c(Cl)cccc2Cl)cs1. The molecule has 0 aliphatic heterocycles. The zero-order valence-corrected chi connectivity index (χ0v) is 17.9. The van der Waals surface area contributed by atoms with Gasteiger partial charge < -0.3 is 5.32 Å². The second-order valence-electron chi connectivity index (χ2n) is 5.97. The first kappa shape index (κ1) is 21.5. The second kappa shape index (κ2) is 9.55. The van der Waals surface area contributed by atoms with Gasteiger partial charge in [0.2, 0.25) is 5.91 Å². The van der Waals surface area contributed by atoms with E-state index in [1.807, 2.05) is 24.3 Å². The van der Waals surface area contributed by atoms with Gasteiger partial charge in [-0.2, -0.15) is 5.26 Å². The minimum Gasteiger partial charge on any atom is -0.319 e. The fourth-order valence-electron chi connectivity index (χ4n) is 2.54. The summed E-state index contributed by atoms with van der Waals surface area (Å²) in [5.41, 5.74) is 1.07. The third kappa shape index (κ3) is 4.86. The Hall–Kier alpha value is -3.18. The lowest BCUT2D eigenvalue weighted by Crippen LogP contribution is -2.22. The van der Waals surface area contributed by atoms with Gasteiger partial charge in [0, 0.05) is 12.3 Å². The minimum absolute atomic E-state index is 0.183. The number of nitrogens with zero attached hydrogens (tertiary/aromatic N) is 3. The highest BCUT2D eigenvalue weighted by molar-refractivity contribution is 7.14. The smallest absolute Gasteiger partial charge is 0.266 e. The van der Waals surface area contributed by atoms with E-state index in [2.05, 4.69) is 10.3 Å². The van der Waals surface area contributed by atoms with Crippen molar-refractivity contribution in [2.45, 2.75) is 6.92 Å². The molecule has 0 spiro atoms. The molecule has 0 radical (unpaired) electrons. The number of para-hydroxylation sites is 2. The van der Waals surface area contributed by atoms with E-state index in [-0.39, 0.29) is 27.2 Å². The van der Waals surface area contributed by atoms with Gasteiger partial charge >= 0.3 is 0 Å². The third-order valence-electron chi connectivity index (χ3n) is 3.89. The van der Waals surface area contributed by atoms with Crippen molar-refractivity contribution < 1.29 is 9.59 Å². The Labute approximate surface area is 187 Å². The predicted molar refractivity (Wildman–Crippen MR) is 120 cm³/mol. The number of carbonyl (C=O) groups is 2. The van der Waals surface area contributed by atoms with E-state index in [4.69, 9.17) is 23.2 Å². The van der Waals surface area contributed by atoms with Gasteiger partial charge in [-0.1, -0.05) is 47.5 Å². The van der Waals surface area contributed by atoms with Crippen LogP contribution in [-0.2, 0) is 9.59 Å². The van der Waals surface area contributed by atoms with Crippen LogP contribution in [0, 0.1) is 11.3 Å². The van der Waals surface area contributed by atoms with Crippen LogP contribution in [0.25, 0.3) is 6.08 Å². The number of thiazole rings is 1. The van der Waals surface area contributed by atoms with Crippen LogP contribution < -0.4 is 10.2 Å². The van der Waals surface area contributed by atoms with E-state index < -0.39 is 5.91 Å². The van der Waals surface area contributed by atoms with Gasteiger partial charge in [-0.3, -0.25) is 14.5 Å². The largest absolute Gasteiger partial charge is 0.319 e. The van der Waals surface area contributed by atoms with E-state index in [0.29, 0.717) is 16.5 Å². The minimum atomic E-state index is -0.673. The van der Waals surface area contributed by atoms with Gasteiger partial charge in [-0.25, -0.2) is 4.98 Å². The molecule has 1 heterocycles. The molecule has 1 N–H and O–H groups in total. The molecular weight excluding hydrogens is 443 g/mol. The number of hydrogen-bond donors (Lipinski definition) is 1. The summed E-state index contributed by atoms with van der Waals surface area (Å²) in [6.07, 6.45) is 1.34. The van der Waals surface area contributed by atoms with Crippen LogP contribution in [-0.4, -0.2) is 16.8 Å². The lowest BCUT2D eigenvalue weighted by atomic mass is 10.2. The van der Waals surface area contributed by atoms with E-state index in [1.54, 1.807) is 35.7 Å². The van der Waals surface area contributed by atoms with Crippen LogP contribution in [0.1, 0.15) is 12.6 Å². The maximum atomic E-state index is 12.5. The van der Waals surface area contributed by atoms with Crippen molar-refractivity contribution in [3.05, 3.63) is 75.2 Å². The van der Waals surface area contributed by atoms with Crippen molar-refractivity contribution in [2.75, 3.05) is 10.2 Å². The van der Waals surface area contributed by atoms with Crippen LogP contribution in [0.15, 0.2) is 59.5 Å². The standard InChI is InChI=1S/C21H14Cl2N4O2S/c1-13(28)27(16-6-3-2-4-7-16)21-25-15(12-30-21)10-14(11-24)20(29)26-19-17(22)8-5-9-18(19)23/h2-10,12H,1H3,(H,26,29)/b14-10+. The van der Waals surface area contributed by atoms with Gasteiger partial charge in [-0.05, 0) is 30.3 Å². The Kier molecular flexibility index (Phi) is 6.85. The molecule has 0 saturated heterocycles. The van der Waals surface area contributed by atoms with E-state index >= 15 is 0 Å². The molecule has 0 atom stereocenters. The summed E-state index contributed by atoms with van der Waals surface area (Å²) >= 11 is 13.3. The van der Waals surface area contributed by atoms with Gasteiger partial charge in [0.1, 0.15) is 11.6 Å². The number of hydrogen-bond acceptors (Lipinski definition) is 5. The maximum absolute atomic E-state index is 12.5. The van der Waals surface area contributed by atoms with Crippen molar-refractivity contribution in [3.8, 4) is 6.07 Å². The lowest BCUT2D eigenvalue weighted by Gasteiger charge is -2.17. The van der Waals surface area contributed by atoms with Crippen molar-refractivity contribution in [2.24, 2.45) is 0 Å². The molecule has 6 nitrogen and oxygen atoms in total. The molecule has 0 aliphatic rings. The molecule has 3 aromatic rings. The fraction of sp³-hybridized carbons (Fsp3) is 0.0476. The van der Waals surface area contributed by atoms with Crippen LogP contribution in [0.3, 0.4) is 0 Å². The number of rotatable bonds is 5. The Morgan fingerprint density at radius 3 is 2.40 bits per heavy atom. The number of aromatic nitrogens is 1. The number of anilines is 3. The molecule has 0 aliphatic carbocycles. The lowest BCUT2D eigenvalue weighted by molar-refractivity contribution is -0.116. The summed E-state index contributed by atoms with van der Waals surface area (Å²) in [7, 11) is 0. The molecule has 1 aromatic heterocycles. The zero-order valence-electron chi connectivity index (χ0n) is 15.6. The topological polar surface area (TPSA) is 86.1 Å². The van der Waals surface area contributed by atoms with Crippen LogP contribution in [0.2, 0.25) is 10.0 Å². The van der Waals surface area contributed by atoms with Crippen molar-refractivity contribution in [1.82, 2.24) is 4.98 Å². The first-order valence-corrected chi connectivity index (χ1v) is 10.2.